The second-order valence-electron chi connectivity index (χ2n) is 3.12. The molecule has 0 aliphatic heterocycles. The maximum atomic E-state index is 12.8. The first kappa shape index (κ1) is 15.0. The van der Waals surface area contributed by atoms with Crippen molar-refractivity contribution < 1.29 is 35.5 Å². The normalized spacial score (nSPS) is 15.8. The van der Waals surface area contributed by atoms with Gasteiger partial charge in [-0.1, -0.05) is 0 Å². The van der Waals surface area contributed by atoms with Crippen molar-refractivity contribution in [1.82, 2.24) is 5.32 Å². The summed E-state index contributed by atoms with van der Waals surface area (Å²) in [5, 5.41) is 1.29. The smallest absolute Gasteiger partial charge is 0.348 e. The molecular weight excluding hydrogens is 247 g/mol. The summed E-state index contributed by atoms with van der Waals surface area (Å²) in [7, 11) is 0. The molecule has 0 aromatic carbocycles. The number of hydrogen-bond donors (Lipinski definition) is 1. The number of carbonyl (C=O) groups is 1. The van der Waals surface area contributed by atoms with Crippen LogP contribution in [-0.4, -0.2) is 30.0 Å². The van der Waals surface area contributed by atoms with Gasteiger partial charge in [-0.05, 0) is 6.92 Å². The molecule has 0 fully saturated rings. The van der Waals surface area contributed by atoms with Crippen LogP contribution >= 0.6 is 0 Å². The Balaban J connectivity index is 5.11. The Morgan fingerprint density at radius 3 is 1.69 bits per heavy atom. The lowest BCUT2D eigenvalue weighted by molar-refractivity contribution is -0.358. The molecule has 0 bridgehead atoms. The first-order valence-corrected chi connectivity index (χ1v) is 3.93. The third-order valence-electron chi connectivity index (χ3n) is 1.74. The molecule has 0 rings (SSSR count). The average molecular weight is 255 g/mol. The van der Waals surface area contributed by atoms with Crippen LogP contribution in [0.2, 0.25) is 0 Å². The van der Waals surface area contributed by atoms with Crippen molar-refractivity contribution in [3.05, 3.63) is 0 Å². The molecule has 0 unspecified atom stereocenters. The topological polar surface area (TPSA) is 29.1 Å². The van der Waals surface area contributed by atoms with Crippen molar-refractivity contribution in [3.63, 3.8) is 0 Å². The van der Waals surface area contributed by atoms with Gasteiger partial charge in [0.1, 0.15) is 0 Å². The van der Waals surface area contributed by atoms with Gasteiger partial charge in [-0.15, -0.1) is 0 Å². The summed E-state index contributed by atoms with van der Waals surface area (Å²) in [5.41, 5.74) is 0. The molecule has 0 aliphatic carbocycles. The van der Waals surface area contributed by atoms with E-state index < -0.39 is 30.0 Å². The maximum absolute atomic E-state index is 12.8. The molecule has 0 spiro atoms. The molecular formula is C7H8F7NO. The monoisotopic (exact) mass is 255 g/mol. The predicted octanol–water partition coefficient (Wildman–Crippen LogP) is 2.34. The number of carbonyl (C=O) groups excluding carboxylic acids is 1. The summed E-state index contributed by atoms with van der Waals surface area (Å²) in [6.45, 7) is 1.08. The Morgan fingerprint density at radius 2 is 1.44 bits per heavy atom. The predicted molar refractivity (Wildman–Crippen MR) is 39.2 cm³/mol. The van der Waals surface area contributed by atoms with Crippen LogP contribution in [0.15, 0.2) is 0 Å². The number of halogens is 7. The summed E-state index contributed by atoms with van der Waals surface area (Å²) in [4.78, 5) is 10.3. The number of alkyl halides is 7. The number of amides is 1. The van der Waals surface area contributed by atoms with Gasteiger partial charge in [-0.2, -0.15) is 30.7 Å². The van der Waals surface area contributed by atoms with Crippen LogP contribution in [0, 0.1) is 0 Å². The van der Waals surface area contributed by atoms with Crippen molar-refractivity contribution in [2.45, 2.75) is 37.9 Å². The van der Waals surface area contributed by atoms with Gasteiger partial charge in [-0.25, -0.2) is 0 Å². The minimum Gasteiger partial charge on any atom is -0.348 e. The minimum atomic E-state index is -6.39. The fourth-order valence-corrected chi connectivity index (χ4v) is 0.856. The first-order valence-electron chi connectivity index (χ1n) is 3.93. The zero-order chi connectivity index (χ0) is 13.4. The minimum absolute atomic E-state index is 0.362. The van der Waals surface area contributed by atoms with E-state index in [1.54, 1.807) is 0 Å². The van der Waals surface area contributed by atoms with E-state index in [9.17, 15) is 35.5 Å². The summed E-state index contributed by atoms with van der Waals surface area (Å²) >= 11 is 0. The summed E-state index contributed by atoms with van der Waals surface area (Å²) in [5.74, 6) is -12.8. The second kappa shape index (κ2) is 4.10. The van der Waals surface area contributed by atoms with Gasteiger partial charge in [-0.3, -0.25) is 4.79 Å². The van der Waals surface area contributed by atoms with E-state index in [1.807, 2.05) is 0 Å². The molecule has 16 heavy (non-hydrogen) atoms. The van der Waals surface area contributed by atoms with Crippen molar-refractivity contribution in [2.75, 3.05) is 0 Å². The fraction of sp³-hybridized carbons (Fsp3) is 0.857. The highest BCUT2D eigenvalue weighted by molar-refractivity contribution is 5.73. The molecule has 0 aromatic rings. The molecule has 0 saturated heterocycles. The van der Waals surface area contributed by atoms with Crippen LogP contribution in [0.4, 0.5) is 30.7 Å². The Hall–Kier alpha value is -1.02. The molecule has 1 N–H and O–H groups in total. The molecule has 1 amide bonds. The van der Waals surface area contributed by atoms with E-state index in [0.29, 0.717) is 6.92 Å². The highest BCUT2D eigenvalue weighted by atomic mass is 19.4. The van der Waals surface area contributed by atoms with Gasteiger partial charge in [0.05, 0.1) is 6.04 Å². The molecule has 0 saturated carbocycles. The largest absolute Gasteiger partial charge is 0.459 e. The fourth-order valence-electron chi connectivity index (χ4n) is 0.856. The lowest BCUT2D eigenvalue weighted by Crippen LogP contribution is -2.61. The van der Waals surface area contributed by atoms with Gasteiger partial charge < -0.3 is 5.32 Å². The molecule has 2 nitrogen and oxygen atoms in total. The van der Waals surface area contributed by atoms with E-state index in [0.717, 1.165) is 6.92 Å². The molecule has 0 aliphatic rings. The Morgan fingerprint density at radius 1 is 1.06 bits per heavy atom. The number of nitrogens with one attached hydrogen (secondary N) is 1. The molecule has 0 heterocycles. The Labute approximate surface area is 85.8 Å². The van der Waals surface area contributed by atoms with E-state index >= 15 is 0 Å². The lowest BCUT2D eigenvalue weighted by atomic mass is 10.0. The lowest BCUT2D eigenvalue weighted by Gasteiger charge is -2.32. The SMILES string of the molecule is CC(=O)N[C@@H](C)C(F)(F)C(F)(F)C(F)(F)F. The van der Waals surface area contributed by atoms with Crippen molar-refractivity contribution in [3.8, 4) is 0 Å². The van der Waals surface area contributed by atoms with E-state index in [1.165, 1.54) is 5.32 Å². The van der Waals surface area contributed by atoms with E-state index in [2.05, 4.69) is 0 Å². The van der Waals surface area contributed by atoms with Crippen LogP contribution in [0.1, 0.15) is 13.8 Å². The first-order chi connectivity index (χ1) is 6.84. The van der Waals surface area contributed by atoms with Gasteiger partial charge in [0.2, 0.25) is 5.91 Å². The molecule has 96 valence electrons. The number of hydrogen-bond acceptors (Lipinski definition) is 1. The van der Waals surface area contributed by atoms with Crippen LogP contribution in [0.25, 0.3) is 0 Å². The van der Waals surface area contributed by atoms with Crippen molar-refractivity contribution in [2.24, 2.45) is 0 Å². The van der Waals surface area contributed by atoms with Gasteiger partial charge in [0.15, 0.2) is 0 Å². The van der Waals surface area contributed by atoms with Gasteiger partial charge >= 0.3 is 18.0 Å². The third kappa shape index (κ3) is 2.56. The van der Waals surface area contributed by atoms with Crippen LogP contribution in [0.5, 0.6) is 0 Å². The quantitative estimate of drug-likeness (QED) is 0.770. The Bertz CT molecular complexity index is 272. The van der Waals surface area contributed by atoms with Gasteiger partial charge in [0, 0.05) is 6.92 Å². The van der Waals surface area contributed by atoms with Crippen molar-refractivity contribution >= 4 is 5.91 Å². The van der Waals surface area contributed by atoms with E-state index in [4.69, 9.17) is 0 Å². The standard InChI is InChI=1S/C7H8F7NO/c1-3(15-4(2)16)5(8,9)6(10,11)7(12,13)14/h3H,1-2H3,(H,15,16)/t3-/m0/s1. The highest BCUT2D eigenvalue weighted by Crippen LogP contribution is 2.47. The molecule has 0 aromatic heterocycles. The zero-order valence-corrected chi connectivity index (χ0v) is 8.13. The third-order valence-corrected chi connectivity index (χ3v) is 1.74. The van der Waals surface area contributed by atoms with E-state index in [-0.39, 0.29) is 0 Å². The maximum Gasteiger partial charge on any atom is 0.459 e. The summed E-state index contributed by atoms with van der Waals surface area (Å²) in [6.07, 6.45) is -6.39. The summed E-state index contributed by atoms with van der Waals surface area (Å²) < 4.78 is 85.4. The highest BCUT2D eigenvalue weighted by Gasteiger charge is 2.74. The molecule has 1 atom stereocenters. The summed E-state index contributed by atoms with van der Waals surface area (Å²) in [6, 6.07) is -2.64. The van der Waals surface area contributed by atoms with Crippen LogP contribution in [-0.2, 0) is 4.79 Å². The molecule has 9 heteroatoms. The Kier molecular flexibility index (Phi) is 3.83. The van der Waals surface area contributed by atoms with Gasteiger partial charge in [0.25, 0.3) is 0 Å². The van der Waals surface area contributed by atoms with Crippen LogP contribution < -0.4 is 5.32 Å². The number of rotatable bonds is 3. The van der Waals surface area contributed by atoms with Crippen molar-refractivity contribution in [1.29, 1.82) is 0 Å². The second-order valence-corrected chi connectivity index (χ2v) is 3.12. The average Bonchev–Trinajstić information content (AvgIpc) is 2.00. The molecule has 0 radical (unpaired) electrons. The zero-order valence-electron chi connectivity index (χ0n) is 8.13. The van der Waals surface area contributed by atoms with Crippen LogP contribution in [0.3, 0.4) is 0 Å².